The molecule has 7 heteroatoms. The number of rotatable bonds is 5. The number of fused-ring (bicyclic) bond motifs is 6. The summed E-state index contributed by atoms with van der Waals surface area (Å²) in [7, 11) is 0. The quantitative estimate of drug-likeness (QED) is 0.174. The molecule has 0 aliphatic heterocycles. The lowest BCUT2D eigenvalue weighted by atomic mass is 9.94. The molecule has 10 rings (SSSR count). The Morgan fingerprint density at radius 3 is 1.35 bits per heavy atom. The van der Waals surface area contributed by atoms with E-state index in [1.54, 1.807) is 12.1 Å². The predicted octanol–water partition coefficient (Wildman–Crippen LogP) is 14.9. The molecule has 62 heavy (non-hydrogen) atoms. The molecule has 0 spiro atoms. The first kappa shape index (κ1) is 38.3. The van der Waals surface area contributed by atoms with E-state index in [1.165, 1.54) is 23.3 Å². The van der Waals surface area contributed by atoms with E-state index in [9.17, 15) is 10.5 Å². The fourth-order valence-electron chi connectivity index (χ4n) is 9.41. The zero-order chi connectivity index (χ0) is 43.0. The van der Waals surface area contributed by atoms with Crippen LogP contribution in [0, 0.1) is 50.4 Å². The summed E-state index contributed by atoms with van der Waals surface area (Å²) >= 11 is 0. The van der Waals surface area contributed by atoms with E-state index in [2.05, 4.69) is 94.4 Å². The van der Waals surface area contributed by atoms with Crippen LogP contribution in [-0.4, -0.2) is 9.13 Å². The van der Waals surface area contributed by atoms with Crippen molar-refractivity contribution in [1.82, 2.24) is 9.13 Å². The van der Waals surface area contributed by atoms with Gasteiger partial charge in [-0.05, 0) is 133 Å². The van der Waals surface area contributed by atoms with Gasteiger partial charge in [0, 0.05) is 21.5 Å². The molecule has 4 nitrogen and oxygen atoms in total. The van der Waals surface area contributed by atoms with E-state index in [1.807, 2.05) is 75.9 Å². The van der Waals surface area contributed by atoms with Crippen LogP contribution in [0.1, 0.15) is 38.9 Å². The predicted molar refractivity (Wildman–Crippen MR) is 245 cm³/mol. The Morgan fingerprint density at radius 1 is 0.435 bits per heavy atom. The average molecular weight is 811 g/mol. The molecular weight excluding hydrogens is 774 g/mol. The standard InChI is InChI=1S/C55H37F3N4/c1-32-13-18-40(34(3)23-32)37-16-21-51-45(26-37)43-9-5-7-11-49(43)61(51)53-28-39(42-20-15-36(30-59)25-48(42)55(56,57)58)29-54(47(53)31-60)62-50-12-8-6-10-44(50)46-27-38(17-22-52(46)62)41-19-14-33(2)24-35(41)4/h5-29H,1-4H3. The zero-order valence-corrected chi connectivity index (χ0v) is 34.4. The van der Waals surface area contributed by atoms with Gasteiger partial charge in [0.05, 0.1) is 50.6 Å². The largest absolute Gasteiger partial charge is 0.417 e. The Bertz CT molecular complexity index is 3400. The normalized spacial score (nSPS) is 11.8. The van der Waals surface area contributed by atoms with Crippen molar-refractivity contribution in [2.24, 2.45) is 0 Å². The van der Waals surface area contributed by atoms with E-state index in [4.69, 9.17) is 0 Å². The van der Waals surface area contributed by atoms with E-state index >= 15 is 13.2 Å². The molecule has 8 aromatic carbocycles. The summed E-state index contributed by atoms with van der Waals surface area (Å²) in [5, 5.41) is 24.8. The summed E-state index contributed by atoms with van der Waals surface area (Å²) in [6, 6.07) is 52.6. The lowest BCUT2D eigenvalue weighted by molar-refractivity contribution is -0.137. The average Bonchev–Trinajstić information content (AvgIpc) is 3.77. The minimum Gasteiger partial charge on any atom is -0.308 e. The maximum absolute atomic E-state index is 15.1. The van der Waals surface area contributed by atoms with Crippen molar-refractivity contribution in [3.8, 4) is 56.9 Å². The van der Waals surface area contributed by atoms with Crippen LogP contribution in [0.5, 0.6) is 0 Å². The fourth-order valence-corrected chi connectivity index (χ4v) is 9.41. The number of aromatic nitrogens is 2. The molecule has 0 aliphatic carbocycles. The molecule has 0 bridgehead atoms. The van der Waals surface area contributed by atoms with Gasteiger partial charge in [0.2, 0.25) is 0 Å². The second-order valence-corrected chi connectivity index (χ2v) is 16.2. The van der Waals surface area contributed by atoms with Gasteiger partial charge in [-0.3, -0.25) is 0 Å². The molecule has 0 radical (unpaired) electrons. The highest BCUT2D eigenvalue weighted by Gasteiger charge is 2.35. The highest BCUT2D eigenvalue weighted by Crippen LogP contribution is 2.44. The molecule has 0 amide bonds. The number of alkyl halides is 3. The smallest absolute Gasteiger partial charge is 0.308 e. The molecule has 0 atom stereocenters. The van der Waals surface area contributed by atoms with Gasteiger partial charge in [0.25, 0.3) is 0 Å². The number of hydrogen-bond acceptors (Lipinski definition) is 2. The van der Waals surface area contributed by atoms with Gasteiger partial charge in [0.15, 0.2) is 0 Å². The van der Waals surface area contributed by atoms with Gasteiger partial charge in [-0.1, -0.05) is 102 Å². The highest BCUT2D eigenvalue weighted by atomic mass is 19.4. The second kappa shape index (κ2) is 14.4. The van der Waals surface area contributed by atoms with E-state index in [0.29, 0.717) is 11.4 Å². The first-order valence-electron chi connectivity index (χ1n) is 20.4. The topological polar surface area (TPSA) is 57.4 Å². The minimum absolute atomic E-state index is 0.0979. The minimum atomic E-state index is -4.77. The summed E-state index contributed by atoms with van der Waals surface area (Å²) in [6.07, 6.45) is -4.77. The van der Waals surface area contributed by atoms with Crippen molar-refractivity contribution in [2.75, 3.05) is 0 Å². The summed E-state index contributed by atoms with van der Waals surface area (Å²) in [5.74, 6) is 0. The van der Waals surface area contributed by atoms with Crippen molar-refractivity contribution in [1.29, 1.82) is 10.5 Å². The van der Waals surface area contributed by atoms with Crippen LogP contribution in [-0.2, 0) is 6.18 Å². The fraction of sp³-hybridized carbons (Fsp3) is 0.0909. The molecule has 0 fully saturated rings. The number of benzene rings is 8. The molecule has 2 heterocycles. The summed E-state index contributed by atoms with van der Waals surface area (Å²) in [6.45, 7) is 8.33. The van der Waals surface area contributed by atoms with Crippen molar-refractivity contribution < 1.29 is 13.2 Å². The van der Waals surface area contributed by atoms with Crippen molar-refractivity contribution in [3.63, 3.8) is 0 Å². The van der Waals surface area contributed by atoms with Crippen LogP contribution in [0.4, 0.5) is 13.2 Å². The number of hydrogen-bond donors (Lipinski definition) is 0. The van der Waals surface area contributed by atoms with Crippen molar-refractivity contribution in [2.45, 2.75) is 33.9 Å². The lowest BCUT2D eigenvalue weighted by Gasteiger charge is -2.20. The Labute approximate surface area is 356 Å². The maximum atomic E-state index is 15.1. The Morgan fingerprint density at radius 2 is 0.903 bits per heavy atom. The third-order valence-electron chi connectivity index (χ3n) is 12.2. The monoisotopic (exact) mass is 810 g/mol. The van der Waals surface area contributed by atoms with Crippen LogP contribution in [0.15, 0.2) is 152 Å². The van der Waals surface area contributed by atoms with E-state index < -0.39 is 11.7 Å². The van der Waals surface area contributed by atoms with Crippen LogP contribution in [0.3, 0.4) is 0 Å². The lowest BCUT2D eigenvalue weighted by Crippen LogP contribution is -2.09. The third-order valence-corrected chi connectivity index (χ3v) is 12.2. The molecule has 0 N–H and O–H groups in total. The number of nitrogens with zero attached hydrogens (tertiary/aromatic N) is 4. The molecule has 0 saturated heterocycles. The molecule has 10 aromatic rings. The SMILES string of the molecule is Cc1ccc(-c2ccc3c(c2)c2ccccc2n3-c2cc(-c3ccc(C#N)cc3C(F)(F)F)cc(-n3c4ccccc4c4cc(-c5ccc(C)cc5C)ccc43)c2C#N)c(C)c1. The Hall–Kier alpha value is -7.87. The Balaban J connectivity index is 1.32. The molecule has 0 aliphatic rings. The van der Waals surface area contributed by atoms with Crippen LogP contribution < -0.4 is 0 Å². The maximum Gasteiger partial charge on any atom is 0.417 e. The number of aryl methyl sites for hydroxylation is 4. The molecule has 2 aromatic heterocycles. The summed E-state index contributed by atoms with van der Waals surface area (Å²) in [5.41, 5.74) is 12.4. The Kier molecular flexibility index (Phi) is 8.91. The number of para-hydroxylation sites is 2. The van der Waals surface area contributed by atoms with E-state index in [0.717, 1.165) is 83.1 Å². The number of halogens is 3. The van der Waals surface area contributed by atoms with Gasteiger partial charge in [-0.2, -0.15) is 23.7 Å². The molecule has 0 unspecified atom stereocenters. The highest BCUT2D eigenvalue weighted by molar-refractivity contribution is 6.12. The van der Waals surface area contributed by atoms with Crippen LogP contribution in [0.2, 0.25) is 0 Å². The van der Waals surface area contributed by atoms with Gasteiger partial charge in [0.1, 0.15) is 11.6 Å². The summed E-state index contributed by atoms with van der Waals surface area (Å²) in [4.78, 5) is 0. The van der Waals surface area contributed by atoms with Gasteiger partial charge < -0.3 is 9.13 Å². The molecule has 0 saturated carbocycles. The molecule has 298 valence electrons. The van der Waals surface area contributed by atoms with Gasteiger partial charge in [-0.15, -0.1) is 0 Å². The molecular formula is C55H37F3N4. The van der Waals surface area contributed by atoms with Crippen molar-refractivity contribution in [3.05, 3.63) is 191 Å². The first-order valence-corrected chi connectivity index (χ1v) is 20.4. The zero-order valence-electron chi connectivity index (χ0n) is 34.4. The first-order chi connectivity index (χ1) is 29.9. The van der Waals surface area contributed by atoms with Gasteiger partial charge >= 0.3 is 6.18 Å². The summed E-state index contributed by atoms with van der Waals surface area (Å²) < 4.78 is 49.2. The third kappa shape index (κ3) is 6.13. The van der Waals surface area contributed by atoms with E-state index in [-0.39, 0.29) is 22.3 Å². The van der Waals surface area contributed by atoms with Gasteiger partial charge in [-0.25, -0.2) is 0 Å². The second-order valence-electron chi connectivity index (χ2n) is 16.2. The van der Waals surface area contributed by atoms with Crippen LogP contribution in [0.25, 0.3) is 88.4 Å². The number of nitriles is 2. The van der Waals surface area contributed by atoms with Crippen molar-refractivity contribution >= 4 is 43.6 Å². The van der Waals surface area contributed by atoms with Crippen LogP contribution >= 0.6 is 0 Å².